The van der Waals surface area contributed by atoms with Crippen LogP contribution in [0.1, 0.15) is 11.1 Å². The first kappa shape index (κ1) is 22.0. The first-order valence-corrected chi connectivity index (χ1v) is 7.59. The van der Waals surface area contributed by atoms with Gasteiger partial charge in [-0.25, -0.2) is 17.6 Å². The van der Waals surface area contributed by atoms with Gasteiger partial charge in [-0.2, -0.15) is 0 Å². The molecule has 0 bridgehead atoms. The third kappa shape index (κ3) is 6.32. The number of carboxylic acid groups (broad SMARTS) is 1. The molecule has 0 saturated heterocycles. The molecule has 1 N–H and O–H groups in total. The predicted molar refractivity (Wildman–Crippen MR) is 91.1 cm³/mol. The van der Waals surface area contributed by atoms with Crippen LogP contribution in [-0.2, 0) is 17.6 Å². The van der Waals surface area contributed by atoms with E-state index >= 15 is 0 Å². The van der Waals surface area contributed by atoms with Crippen molar-refractivity contribution in [3.8, 4) is 11.5 Å². The van der Waals surface area contributed by atoms with Crippen molar-refractivity contribution in [1.29, 1.82) is 0 Å². The predicted octanol–water partition coefficient (Wildman–Crippen LogP) is 4.30. The molecule has 0 unspecified atom stereocenters. The van der Waals surface area contributed by atoms with Gasteiger partial charge in [-0.15, -0.1) is 6.58 Å². The Morgan fingerprint density at radius 1 is 0.926 bits per heavy atom. The second-order valence-corrected chi connectivity index (χ2v) is 5.22. The minimum Gasteiger partial charge on any atom is -0.494 e. The molecule has 8 heteroatoms. The van der Waals surface area contributed by atoms with Crippen LogP contribution in [0, 0.1) is 23.3 Å². The molecule has 146 valence electrons. The molecular weight excluding hydrogens is 368 g/mol. The molecule has 0 aliphatic heterocycles. The lowest BCUT2D eigenvalue weighted by atomic mass is 10.1. The van der Waals surface area contributed by atoms with Crippen molar-refractivity contribution in [3.63, 3.8) is 0 Å². The van der Waals surface area contributed by atoms with Crippen LogP contribution in [0.5, 0.6) is 11.5 Å². The molecule has 0 saturated carbocycles. The number of ether oxygens (including phenoxy) is 2. The van der Waals surface area contributed by atoms with Gasteiger partial charge in [-0.1, -0.05) is 6.08 Å². The summed E-state index contributed by atoms with van der Waals surface area (Å²) >= 11 is 0. The fourth-order valence-electron chi connectivity index (χ4n) is 2.06. The average Bonchev–Trinajstić information content (AvgIpc) is 2.61. The SMILES string of the molecule is C=CCc1cc(F)c(OC)cc1F.COc1cc(F)c(CC(=O)O)cc1F. The molecule has 0 amide bonds. The van der Waals surface area contributed by atoms with E-state index in [0.717, 1.165) is 24.3 Å². The number of aliphatic carboxylic acids is 1. The van der Waals surface area contributed by atoms with E-state index in [1.165, 1.54) is 20.3 Å². The molecule has 0 fully saturated rings. The molecule has 2 aromatic rings. The number of hydrogen-bond acceptors (Lipinski definition) is 3. The summed E-state index contributed by atoms with van der Waals surface area (Å²) in [5.41, 5.74) is 0.0871. The Bertz CT molecular complexity index is 822. The Labute approximate surface area is 153 Å². The maximum absolute atomic E-state index is 13.1. The van der Waals surface area contributed by atoms with E-state index in [9.17, 15) is 22.4 Å². The van der Waals surface area contributed by atoms with Crippen LogP contribution in [0.2, 0.25) is 0 Å². The van der Waals surface area contributed by atoms with Crippen LogP contribution in [0.4, 0.5) is 17.6 Å². The lowest BCUT2D eigenvalue weighted by Crippen LogP contribution is -2.04. The number of carboxylic acids is 1. The van der Waals surface area contributed by atoms with Crippen molar-refractivity contribution in [2.75, 3.05) is 14.2 Å². The highest BCUT2D eigenvalue weighted by Crippen LogP contribution is 2.22. The zero-order valence-electron chi connectivity index (χ0n) is 14.7. The third-order valence-corrected chi connectivity index (χ3v) is 3.35. The molecule has 0 aliphatic rings. The lowest BCUT2D eigenvalue weighted by Gasteiger charge is -2.04. The van der Waals surface area contributed by atoms with Gasteiger partial charge in [0, 0.05) is 17.7 Å². The number of halogens is 4. The van der Waals surface area contributed by atoms with Gasteiger partial charge >= 0.3 is 5.97 Å². The summed E-state index contributed by atoms with van der Waals surface area (Å²) in [5.74, 6) is -4.12. The van der Waals surface area contributed by atoms with Crippen molar-refractivity contribution in [2.45, 2.75) is 12.8 Å². The molecule has 0 spiro atoms. The van der Waals surface area contributed by atoms with Crippen LogP contribution >= 0.6 is 0 Å². The monoisotopic (exact) mass is 386 g/mol. The van der Waals surface area contributed by atoms with E-state index < -0.39 is 35.7 Å². The highest BCUT2D eigenvalue weighted by atomic mass is 19.1. The third-order valence-electron chi connectivity index (χ3n) is 3.35. The van der Waals surface area contributed by atoms with Crippen LogP contribution in [-0.4, -0.2) is 25.3 Å². The molecular formula is C19H18F4O4. The number of hydrogen-bond donors (Lipinski definition) is 1. The van der Waals surface area contributed by atoms with Gasteiger partial charge in [0.05, 0.1) is 20.6 Å². The smallest absolute Gasteiger partial charge is 0.307 e. The lowest BCUT2D eigenvalue weighted by molar-refractivity contribution is -0.136. The van der Waals surface area contributed by atoms with Crippen molar-refractivity contribution in [3.05, 3.63) is 71.3 Å². The summed E-state index contributed by atoms with van der Waals surface area (Å²) in [7, 11) is 2.50. The summed E-state index contributed by atoms with van der Waals surface area (Å²) in [5, 5.41) is 8.39. The maximum Gasteiger partial charge on any atom is 0.307 e. The van der Waals surface area contributed by atoms with Crippen molar-refractivity contribution >= 4 is 5.97 Å². The summed E-state index contributed by atoms with van der Waals surface area (Å²) in [6, 6.07) is 3.81. The number of methoxy groups -OCH3 is 2. The Hall–Kier alpha value is -3.03. The minimum atomic E-state index is -1.21. The van der Waals surface area contributed by atoms with E-state index in [1.807, 2.05) is 0 Å². The molecule has 2 rings (SSSR count). The van der Waals surface area contributed by atoms with Gasteiger partial charge in [0.15, 0.2) is 23.1 Å². The Morgan fingerprint density at radius 2 is 1.37 bits per heavy atom. The zero-order chi connectivity index (χ0) is 20.6. The van der Waals surface area contributed by atoms with E-state index in [4.69, 9.17) is 5.11 Å². The number of benzene rings is 2. The summed E-state index contributed by atoms with van der Waals surface area (Å²) in [6.45, 7) is 3.45. The van der Waals surface area contributed by atoms with Gasteiger partial charge in [-0.05, 0) is 24.1 Å². The Kier molecular flexibility index (Phi) is 8.32. The molecule has 0 aliphatic carbocycles. The van der Waals surface area contributed by atoms with Gasteiger partial charge in [-0.3, -0.25) is 4.79 Å². The fourth-order valence-corrected chi connectivity index (χ4v) is 2.06. The first-order chi connectivity index (χ1) is 12.7. The number of carbonyl (C=O) groups is 1. The molecule has 0 heterocycles. The van der Waals surface area contributed by atoms with Gasteiger partial charge in [0.25, 0.3) is 0 Å². The summed E-state index contributed by atoms with van der Waals surface area (Å²) in [6.07, 6.45) is 1.28. The van der Waals surface area contributed by atoms with Crippen LogP contribution < -0.4 is 9.47 Å². The highest BCUT2D eigenvalue weighted by Gasteiger charge is 2.12. The molecule has 2 aromatic carbocycles. The second kappa shape index (κ2) is 10.2. The van der Waals surface area contributed by atoms with Crippen molar-refractivity contribution < 1.29 is 36.9 Å². The number of allylic oxidation sites excluding steroid dienone is 1. The van der Waals surface area contributed by atoms with Crippen LogP contribution in [0.15, 0.2) is 36.9 Å². The van der Waals surface area contributed by atoms with E-state index in [1.54, 1.807) is 0 Å². The largest absolute Gasteiger partial charge is 0.494 e. The standard InChI is InChI=1S/C10H10F2O.C9H8F2O3/c1-3-4-7-5-9(12)10(13-2)6-8(7)11;1-14-8-4-6(10)5(2-7(8)11)3-9(12)13/h3,5-6H,1,4H2,2H3;2,4H,3H2,1H3,(H,12,13). The molecule has 0 atom stereocenters. The van der Waals surface area contributed by atoms with E-state index in [2.05, 4.69) is 16.1 Å². The highest BCUT2D eigenvalue weighted by molar-refractivity contribution is 5.70. The summed E-state index contributed by atoms with van der Waals surface area (Å²) in [4.78, 5) is 10.3. The fraction of sp³-hybridized carbons (Fsp3) is 0.211. The van der Waals surface area contributed by atoms with E-state index in [0.29, 0.717) is 6.42 Å². The van der Waals surface area contributed by atoms with Crippen molar-refractivity contribution in [1.82, 2.24) is 0 Å². The quantitative estimate of drug-likeness (QED) is 0.594. The first-order valence-electron chi connectivity index (χ1n) is 7.59. The van der Waals surface area contributed by atoms with Crippen molar-refractivity contribution in [2.24, 2.45) is 0 Å². The van der Waals surface area contributed by atoms with Crippen LogP contribution in [0.25, 0.3) is 0 Å². The Morgan fingerprint density at radius 3 is 1.78 bits per heavy atom. The minimum absolute atomic E-state index is 0.0784. The second-order valence-electron chi connectivity index (χ2n) is 5.22. The normalized spacial score (nSPS) is 9.85. The van der Waals surface area contributed by atoms with Gasteiger partial charge in [0.1, 0.15) is 11.6 Å². The molecule has 0 radical (unpaired) electrons. The molecule has 0 aromatic heterocycles. The van der Waals surface area contributed by atoms with Crippen LogP contribution in [0.3, 0.4) is 0 Å². The van der Waals surface area contributed by atoms with E-state index in [-0.39, 0.29) is 22.6 Å². The topological polar surface area (TPSA) is 55.8 Å². The number of rotatable bonds is 6. The van der Waals surface area contributed by atoms with Gasteiger partial charge in [0.2, 0.25) is 0 Å². The molecule has 4 nitrogen and oxygen atoms in total. The molecule has 27 heavy (non-hydrogen) atoms. The zero-order valence-corrected chi connectivity index (χ0v) is 14.7. The average molecular weight is 386 g/mol. The summed E-state index contributed by atoms with van der Waals surface area (Å²) < 4.78 is 61.3. The maximum atomic E-state index is 13.1. The Balaban J connectivity index is 0.000000271. The van der Waals surface area contributed by atoms with Gasteiger partial charge < -0.3 is 14.6 Å².